The lowest BCUT2D eigenvalue weighted by molar-refractivity contribution is -0.143. The number of aliphatic hydroxyl groups excluding tert-OH is 2. The summed E-state index contributed by atoms with van der Waals surface area (Å²) in [6.45, 7) is 4.98. The van der Waals surface area contributed by atoms with Crippen LogP contribution in [-0.4, -0.2) is 47.4 Å². The molecule has 0 bridgehead atoms. The molecule has 0 aliphatic heterocycles. The van der Waals surface area contributed by atoms with Crippen LogP contribution in [0.3, 0.4) is 0 Å². The molecule has 0 heterocycles. The Labute approximate surface area is 532 Å². The number of esters is 1. The Kier molecular flexibility index (Phi) is 72.9. The van der Waals surface area contributed by atoms with E-state index in [9.17, 15) is 19.8 Å². The molecule has 0 fully saturated rings. The van der Waals surface area contributed by atoms with Crippen LogP contribution in [0, 0.1) is 0 Å². The summed E-state index contributed by atoms with van der Waals surface area (Å²) in [4.78, 5) is 24.6. The number of hydrogen-bond donors (Lipinski definition) is 3. The smallest absolute Gasteiger partial charge is 0.305 e. The molecule has 0 rings (SSSR count). The molecule has 3 N–H and O–H groups in total. The van der Waals surface area contributed by atoms with Gasteiger partial charge in [-0.25, -0.2) is 0 Å². The number of rotatable bonds is 73. The lowest BCUT2D eigenvalue weighted by atomic mass is 10.0. The molecule has 1 amide bonds. The summed E-state index contributed by atoms with van der Waals surface area (Å²) in [5, 5.41) is 23.3. The summed E-state index contributed by atoms with van der Waals surface area (Å²) in [6.07, 6.45) is 96.6. The van der Waals surface area contributed by atoms with Gasteiger partial charge in [0.2, 0.25) is 5.91 Å². The number of allylic oxidation sites excluding steroid dienone is 6. The highest BCUT2D eigenvalue weighted by atomic mass is 16.5. The first-order valence-corrected chi connectivity index (χ1v) is 38.7. The first-order valence-electron chi connectivity index (χ1n) is 38.7. The van der Waals surface area contributed by atoms with Crippen LogP contribution in [0.2, 0.25) is 0 Å². The molecule has 0 aromatic rings. The molecule has 2 atom stereocenters. The van der Waals surface area contributed by atoms with E-state index in [4.69, 9.17) is 4.74 Å². The Morgan fingerprint density at radius 2 is 0.588 bits per heavy atom. The van der Waals surface area contributed by atoms with Crippen LogP contribution in [0.4, 0.5) is 0 Å². The third-order valence-electron chi connectivity index (χ3n) is 18.2. The Bertz CT molecular complexity index is 1380. The molecule has 0 aliphatic rings. The predicted molar refractivity (Wildman–Crippen MR) is 375 cm³/mol. The fourth-order valence-corrected chi connectivity index (χ4v) is 12.3. The van der Waals surface area contributed by atoms with Crippen LogP contribution in [0.25, 0.3) is 0 Å². The van der Waals surface area contributed by atoms with E-state index in [-0.39, 0.29) is 18.5 Å². The van der Waals surface area contributed by atoms with E-state index in [0.717, 1.165) is 51.4 Å². The molecule has 0 aromatic heterocycles. The molecule has 0 aromatic carbocycles. The number of carbonyl (C=O) groups excluding carboxylic acids is 2. The van der Waals surface area contributed by atoms with Gasteiger partial charge in [-0.2, -0.15) is 0 Å². The zero-order chi connectivity index (χ0) is 61.3. The van der Waals surface area contributed by atoms with Crippen LogP contribution in [0.1, 0.15) is 431 Å². The largest absolute Gasteiger partial charge is 0.466 e. The molecular weight excluding hydrogens is 1040 g/mol. The van der Waals surface area contributed by atoms with E-state index in [2.05, 4.69) is 55.6 Å². The SMILES string of the molecule is CCCCCCCCC/C=C\CCCCCCCCCC(=O)OCCCCCCCCCCCCCCC/C=C\C/C=C\CCCCCCCCCCCCCCCCCCCC(=O)NC(CO)C(O)CCCCCCCCCCCCCCC. The van der Waals surface area contributed by atoms with Crippen molar-refractivity contribution in [1.29, 1.82) is 0 Å². The molecule has 6 heteroatoms. The van der Waals surface area contributed by atoms with Gasteiger partial charge >= 0.3 is 5.97 Å². The van der Waals surface area contributed by atoms with Gasteiger partial charge in [-0.15, -0.1) is 0 Å². The summed E-state index contributed by atoms with van der Waals surface area (Å²) < 4.78 is 5.51. The third kappa shape index (κ3) is 71.0. The summed E-state index contributed by atoms with van der Waals surface area (Å²) in [7, 11) is 0. The van der Waals surface area contributed by atoms with Gasteiger partial charge in [0.1, 0.15) is 0 Å². The van der Waals surface area contributed by atoms with Crippen molar-refractivity contribution in [3.05, 3.63) is 36.5 Å². The maximum Gasteiger partial charge on any atom is 0.305 e. The fraction of sp³-hybridized carbons (Fsp3) is 0.899. The average Bonchev–Trinajstić information content (AvgIpc) is 3.50. The van der Waals surface area contributed by atoms with E-state index in [0.29, 0.717) is 25.9 Å². The van der Waals surface area contributed by atoms with Crippen molar-refractivity contribution < 1.29 is 24.5 Å². The van der Waals surface area contributed by atoms with Gasteiger partial charge in [-0.1, -0.05) is 371 Å². The van der Waals surface area contributed by atoms with Gasteiger partial charge in [-0.3, -0.25) is 9.59 Å². The van der Waals surface area contributed by atoms with Crippen molar-refractivity contribution in [2.24, 2.45) is 0 Å². The predicted octanol–water partition coefficient (Wildman–Crippen LogP) is 25.4. The minimum Gasteiger partial charge on any atom is -0.466 e. The number of unbranched alkanes of at least 4 members (excludes halogenated alkanes) is 56. The molecule has 0 spiro atoms. The topological polar surface area (TPSA) is 95.9 Å². The van der Waals surface area contributed by atoms with Crippen LogP contribution >= 0.6 is 0 Å². The summed E-state index contributed by atoms with van der Waals surface area (Å²) >= 11 is 0. The monoisotopic (exact) mass is 1190 g/mol. The quantitative estimate of drug-likeness (QED) is 0.0320. The lowest BCUT2D eigenvalue weighted by Crippen LogP contribution is -2.45. The Morgan fingerprint density at radius 1 is 0.329 bits per heavy atom. The molecule has 2 unspecified atom stereocenters. The summed E-state index contributed by atoms with van der Waals surface area (Å²) in [5.41, 5.74) is 0. The van der Waals surface area contributed by atoms with E-state index in [1.165, 1.54) is 347 Å². The van der Waals surface area contributed by atoms with Gasteiger partial charge < -0.3 is 20.3 Å². The summed E-state index contributed by atoms with van der Waals surface area (Å²) in [6, 6.07) is -0.539. The van der Waals surface area contributed by atoms with E-state index in [1.807, 2.05) is 0 Å². The molecular formula is C79H151NO5. The molecule has 85 heavy (non-hydrogen) atoms. The number of carbonyl (C=O) groups is 2. The van der Waals surface area contributed by atoms with Crippen molar-refractivity contribution in [3.63, 3.8) is 0 Å². The van der Waals surface area contributed by atoms with Crippen LogP contribution in [0.15, 0.2) is 36.5 Å². The van der Waals surface area contributed by atoms with Gasteiger partial charge in [-0.05, 0) is 83.5 Å². The van der Waals surface area contributed by atoms with E-state index < -0.39 is 12.1 Å². The van der Waals surface area contributed by atoms with Crippen molar-refractivity contribution in [1.82, 2.24) is 5.32 Å². The normalized spacial score (nSPS) is 12.7. The number of aliphatic hydroxyl groups is 2. The Morgan fingerprint density at radius 3 is 0.906 bits per heavy atom. The molecule has 502 valence electrons. The van der Waals surface area contributed by atoms with Crippen LogP contribution in [-0.2, 0) is 14.3 Å². The Hall–Kier alpha value is -1.92. The van der Waals surface area contributed by atoms with Crippen molar-refractivity contribution in [2.45, 2.75) is 443 Å². The van der Waals surface area contributed by atoms with Crippen molar-refractivity contribution in [3.8, 4) is 0 Å². The van der Waals surface area contributed by atoms with Crippen molar-refractivity contribution >= 4 is 11.9 Å². The standard InChI is InChI=1S/C79H151NO5/c1-3-5-7-9-11-13-15-17-18-19-42-45-49-53-57-61-65-69-73-79(84)85-74-70-66-62-58-54-50-46-43-40-38-36-34-32-30-28-26-24-22-20-21-23-25-27-29-31-33-35-37-39-41-44-48-52-56-60-64-68-72-78(83)80-76(75-81)77(82)71-67-63-59-55-51-47-16-14-12-10-8-6-4-2/h18-20,22,26,28,76-77,81-82H,3-17,21,23-25,27,29-75H2,1-2H3,(H,80,83)/b19-18-,22-20-,28-26-. The molecule has 0 radical (unpaired) electrons. The molecule has 6 nitrogen and oxygen atoms in total. The van der Waals surface area contributed by atoms with Gasteiger partial charge in [0.25, 0.3) is 0 Å². The number of hydrogen-bond acceptors (Lipinski definition) is 5. The second-order valence-corrected chi connectivity index (χ2v) is 26.7. The van der Waals surface area contributed by atoms with Crippen LogP contribution < -0.4 is 5.32 Å². The lowest BCUT2D eigenvalue weighted by Gasteiger charge is -2.22. The first kappa shape index (κ1) is 83.1. The van der Waals surface area contributed by atoms with Gasteiger partial charge in [0.05, 0.1) is 25.4 Å². The first-order chi connectivity index (χ1) is 42.0. The molecule has 0 saturated heterocycles. The second kappa shape index (κ2) is 74.5. The highest BCUT2D eigenvalue weighted by Crippen LogP contribution is 2.19. The zero-order valence-electron chi connectivity index (χ0n) is 57.6. The Balaban J connectivity index is 3.34. The minimum atomic E-state index is -0.662. The highest BCUT2D eigenvalue weighted by Gasteiger charge is 2.20. The maximum atomic E-state index is 12.5. The maximum absolute atomic E-state index is 12.5. The molecule has 0 aliphatic carbocycles. The number of ether oxygens (including phenoxy) is 1. The van der Waals surface area contributed by atoms with Crippen LogP contribution in [0.5, 0.6) is 0 Å². The number of nitrogens with one attached hydrogen (secondary N) is 1. The van der Waals surface area contributed by atoms with E-state index >= 15 is 0 Å². The van der Waals surface area contributed by atoms with E-state index in [1.54, 1.807) is 0 Å². The number of amides is 1. The fourth-order valence-electron chi connectivity index (χ4n) is 12.3. The zero-order valence-corrected chi connectivity index (χ0v) is 57.6. The third-order valence-corrected chi connectivity index (χ3v) is 18.2. The minimum absolute atomic E-state index is 0.0165. The van der Waals surface area contributed by atoms with Gasteiger partial charge in [0, 0.05) is 12.8 Å². The van der Waals surface area contributed by atoms with Gasteiger partial charge in [0.15, 0.2) is 0 Å². The average molecular weight is 1200 g/mol. The molecule has 0 saturated carbocycles. The second-order valence-electron chi connectivity index (χ2n) is 26.7. The highest BCUT2D eigenvalue weighted by molar-refractivity contribution is 5.76. The summed E-state index contributed by atoms with van der Waals surface area (Å²) in [5.74, 6) is -0.0136. The van der Waals surface area contributed by atoms with Crippen molar-refractivity contribution in [2.75, 3.05) is 13.2 Å².